The molecule has 4 aromatic rings. The fourth-order valence-corrected chi connectivity index (χ4v) is 5.00. The third-order valence-electron chi connectivity index (χ3n) is 4.25. The van der Waals surface area contributed by atoms with Gasteiger partial charge in [-0.25, -0.2) is 0 Å². The Hall–Kier alpha value is -1.88. The van der Waals surface area contributed by atoms with Gasteiger partial charge in [-0.15, -0.1) is 0 Å². The quantitative estimate of drug-likeness (QED) is 0.364. The van der Waals surface area contributed by atoms with E-state index >= 15 is 0 Å². The van der Waals surface area contributed by atoms with Gasteiger partial charge in [-0.3, -0.25) is 4.18 Å². The maximum atomic E-state index is 12.7. The number of benzene rings is 4. The van der Waals surface area contributed by atoms with E-state index in [1.165, 1.54) is 0 Å². The van der Waals surface area contributed by atoms with Crippen molar-refractivity contribution in [3.63, 3.8) is 0 Å². The van der Waals surface area contributed by atoms with E-state index in [1.54, 1.807) is 6.07 Å². The van der Waals surface area contributed by atoms with E-state index in [0.29, 0.717) is 11.8 Å². The lowest BCUT2D eigenvalue weighted by Crippen LogP contribution is -2.08. The van der Waals surface area contributed by atoms with Gasteiger partial charge < -0.3 is 0 Å². The van der Waals surface area contributed by atoms with Crippen molar-refractivity contribution in [2.24, 2.45) is 0 Å². The molecule has 0 spiro atoms. The molecule has 24 heavy (non-hydrogen) atoms. The van der Waals surface area contributed by atoms with Crippen molar-refractivity contribution in [2.75, 3.05) is 6.61 Å². The van der Waals surface area contributed by atoms with Gasteiger partial charge in [-0.2, -0.15) is 8.42 Å². The predicted octanol–water partition coefficient (Wildman–Crippen LogP) is 5.35. The van der Waals surface area contributed by atoms with Crippen LogP contribution in [0.4, 0.5) is 0 Å². The minimum atomic E-state index is -3.91. The molecule has 0 heterocycles. The van der Waals surface area contributed by atoms with Crippen LogP contribution in [0.1, 0.15) is 13.3 Å². The lowest BCUT2D eigenvalue weighted by atomic mass is 9.94. The maximum absolute atomic E-state index is 12.7. The van der Waals surface area contributed by atoms with Gasteiger partial charge in [-0.05, 0) is 39.4 Å². The fraction of sp³-hybridized carbons (Fsp3) is 0.158. The van der Waals surface area contributed by atoms with E-state index in [2.05, 4.69) is 0 Å². The van der Waals surface area contributed by atoms with Gasteiger partial charge in [0.15, 0.2) is 0 Å². The van der Waals surface area contributed by atoms with Crippen LogP contribution < -0.4 is 0 Å². The van der Waals surface area contributed by atoms with Crippen LogP contribution in [0.25, 0.3) is 32.3 Å². The summed E-state index contributed by atoms with van der Waals surface area (Å²) in [4.78, 5) is 0.0587. The van der Waals surface area contributed by atoms with Gasteiger partial charge in [0.2, 0.25) is 0 Å². The van der Waals surface area contributed by atoms with Crippen LogP contribution in [0.5, 0.6) is 0 Å². The molecule has 0 aliphatic heterocycles. The summed E-state index contributed by atoms with van der Waals surface area (Å²) in [7, 11) is -3.91. The Balaban J connectivity index is 2.17. The monoisotopic (exact) mass is 358 g/mol. The average Bonchev–Trinajstić information content (AvgIpc) is 2.57. The second-order valence-electron chi connectivity index (χ2n) is 5.82. The summed E-state index contributed by atoms with van der Waals surface area (Å²) < 4.78 is 30.4. The summed E-state index contributed by atoms with van der Waals surface area (Å²) in [6.07, 6.45) is 0.614. The predicted molar refractivity (Wildman–Crippen MR) is 98.6 cm³/mol. The molecular weight excluding hydrogens is 344 g/mol. The first-order chi connectivity index (χ1) is 11.5. The average molecular weight is 359 g/mol. The first kappa shape index (κ1) is 15.6. The van der Waals surface area contributed by atoms with Crippen molar-refractivity contribution in [1.29, 1.82) is 0 Å². The molecule has 122 valence electrons. The highest BCUT2D eigenvalue weighted by molar-refractivity contribution is 7.87. The van der Waals surface area contributed by atoms with E-state index in [1.807, 2.05) is 49.4 Å². The zero-order chi connectivity index (χ0) is 16.9. The minimum Gasteiger partial charge on any atom is -0.266 e. The Morgan fingerprint density at radius 1 is 0.958 bits per heavy atom. The van der Waals surface area contributed by atoms with E-state index in [-0.39, 0.29) is 16.5 Å². The first-order valence-electron chi connectivity index (χ1n) is 7.78. The lowest BCUT2D eigenvalue weighted by molar-refractivity contribution is 0.318. The van der Waals surface area contributed by atoms with Crippen LogP contribution in [0, 0.1) is 0 Å². The zero-order valence-electron chi connectivity index (χ0n) is 13.0. The molecule has 0 bridgehead atoms. The van der Waals surface area contributed by atoms with Crippen LogP contribution in [-0.4, -0.2) is 15.0 Å². The van der Waals surface area contributed by atoms with E-state index in [4.69, 9.17) is 15.8 Å². The number of hydrogen-bond donors (Lipinski definition) is 0. The summed E-state index contributed by atoms with van der Waals surface area (Å²) in [6, 6.07) is 15.5. The van der Waals surface area contributed by atoms with Crippen LogP contribution in [-0.2, 0) is 14.3 Å². The van der Waals surface area contributed by atoms with Gasteiger partial charge in [-0.1, -0.05) is 61.0 Å². The van der Waals surface area contributed by atoms with Crippen molar-refractivity contribution in [1.82, 2.24) is 0 Å². The number of rotatable bonds is 4. The minimum absolute atomic E-state index is 0.0587. The Morgan fingerprint density at radius 2 is 1.62 bits per heavy atom. The van der Waals surface area contributed by atoms with Crippen molar-refractivity contribution in [3.8, 4) is 0 Å². The Morgan fingerprint density at radius 3 is 2.33 bits per heavy atom. The number of halogens is 1. The van der Waals surface area contributed by atoms with E-state index in [9.17, 15) is 8.42 Å². The maximum Gasteiger partial charge on any atom is 0.299 e. The molecule has 0 saturated heterocycles. The smallest absolute Gasteiger partial charge is 0.266 e. The summed E-state index contributed by atoms with van der Waals surface area (Å²) in [5, 5.41) is 5.84. The SMILES string of the molecule is CCCOS(=O)(=O)c1c(Cl)cc2ccc3cccc4ccc1c2c34. The third-order valence-corrected chi connectivity index (χ3v) is 6.07. The van der Waals surface area contributed by atoms with Crippen LogP contribution in [0.3, 0.4) is 0 Å². The van der Waals surface area contributed by atoms with Gasteiger partial charge >= 0.3 is 0 Å². The van der Waals surface area contributed by atoms with Crippen molar-refractivity contribution in [3.05, 3.63) is 53.6 Å². The molecule has 0 radical (unpaired) electrons. The van der Waals surface area contributed by atoms with Crippen molar-refractivity contribution >= 4 is 54.0 Å². The highest BCUT2D eigenvalue weighted by Gasteiger charge is 2.24. The normalized spacial score (nSPS) is 12.6. The fourth-order valence-electron chi connectivity index (χ4n) is 3.26. The molecule has 4 aromatic carbocycles. The standard InChI is InChI=1S/C19H15ClO3S/c1-2-10-23-24(21,22)19-15-9-8-13-5-3-4-12-6-7-14(11-16(19)20)18(15)17(12)13/h3-9,11H,2,10H2,1H3. The summed E-state index contributed by atoms with van der Waals surface area (Å²) in [6.45, 7) is 2.00. The van der Waals surface area contributed by atoms with E-state index < -0.39 is 10.1 Å². The second kappa shape index (κ2) is 5.59. The highest BCUT2D eigenvalue weighted by atomic mass is 35.5. The Labute approximate surface area is 145 Å². The zero-order valence-corrected chi connectivity index (χ0v) is 14.6. The molecule has 5 heteroatoms. The van der Waals surface area contributed by atoms with Gasteiger partial charge in [0.25, 0.3) is 10.1 Å². The molecule has 0 aliphatic carbocycles. The number of hydrogen-bond acceptors (Lipinski definition) is 3. The lowest BCUT2D eigenvalue weighted by Gasteiger charge is -2.15. The molecule has 0 aliphatic rings. The summed E-state index contributed by atoms with van der Waals surface area (Å²) in [5.41, 5.74) is 0. The molecule has 3 nitrogen and oxygen atoms in total. The Bertz CT molecular complexity index is 1150. The molecule has 4 rings (SSSR count). The molecule has 0 N–H and O–H groups in total. The van der Waals surface area contributed by atoms with Crippen LogP contribution in [0.2, 0.25) is 5.02 Å². The molecular formula is C19H15ClO3S. The van der Waals surface area contributed by atoms with E-state index in [0.717, 1.165) is 26.9 Å². The van der Waals surface area contributed by atoms with Crippen LogP contribution >= 0.6 is 11.6 Å². The first-order valence-corrected chi connectivity index (χ1v) is 9.57. The molecule has 0 atom stereocenters. The van der Waals surface area contributed by atoms with Gasteiger partial charge in [0.1, 0.15) is 4.90 Å². The molecule has 0 fully saturated rings. The summed E-state index contributed by atoms with van der Waals surface area (Å²) in [5.74, 6) is 0. The Kier molecular flexibility index (Phi) is 3.64. The van der Waals surface area contributed by atoms with Crippen molar-refractivity contribution < 1.29 is 12.6 Å². The third kappa shape index (κ3) is 2.25. The highest BCUT2D eigenvalue weighted by Crippen LogP contribution is 2.40. The molecule has 0 saturated carbocycles. The topological polar surface area (TPSA) is 43.4 Å². The summed E-state index contributed by atoms with van der Waals surface area (Å²) >= 11 is 6.33. The molecule has 0 amide bonds. The second-order valence-corrected chi connectivity index (χ2v) is 7.78. The van der Waals surface area contributed by atoms with Gasteiger partial charge in [0.05, 0.1) is 11.6 Å². The molecule has 0 unspecified atom stereocenters. The largest absolute Gasteiger partial charge is 0.299 e. The van der Waals surface area contributed by atoms with Crippen LogP contribution in [0.15, 0.2) is 53.4 Å². The van der Waals surface area contributed by atoms with Gasteiger partial charge in [0, 0.05) is 5.39 Å². The van der Waals surface area contributed by atoms with Crippen molar-refractivity contribution in [2.45, 2.75) is 18.2 Å². The molecule has 0 aromatic heterocycles.